The molecule has 0 spiro atoms. The summed E-state index contributed by atoms with van der Waals surface area (Å²) in [5.74, 6) is -3.39. The van der Waals surface area contributed by atoms with E-state index in [1.165, 1.54) is 5.56 Å². The molecular weight excluding hydrogens is 697 g/mol. The van der Waals surface area contributed by atoms with Gasteiger partial charge in [0.25, 0.3) is 0 Å². The van der Waals surface area contributed by atoms with Gasteiger partial charge in [0.1, 0.15) is 12.4 Å². The summed E-state index contributed by atoms with van der Waals surface area (Å²) >= 11 is 0. The molecule has 2 amide bonds. The van der Waals surface area contributed by atoms with Crippen molar-refractivity contribution in [3.8, 4) is 5.75 Å². The second-order valence-electron chi connectivity index (χ2n) is 15.2. The smallest absolute Gasteiger partial charge is 0.411 e. The van der Waals surface area contributed by atoms with Crippen molar-refractivity contribution < 1.29 is 50.4 Å². The van der Waals surface area contributed by atoms with E-state index in [0.717, 1.165) is 37.0 Å². The van der Waals surface area contributed by atoms with E-state index in [9.17, 15) is 41.0 Å². The predicted octanol–water partition coefficient (Wildman–Crippen LogP) is 6.93. The molecular formula is C36H48F5N3O6S. The first-order valence-electron chi connectivity index (χ1n) is 18.2. The quantitative estimate of drug-likeness (QED) is 0.158. The van der Waals surface area contributed by atoms with Gasteiger partial charge < -0.3 is 24.5 Å². The number of carbonyl (C=O) groups excluding carboxylic acids is 2. The fourth-order valence-corrected chi connectivity index (χ4v) is 10.9. The summed E-state index contributed by atoms with van der Waals surface area (Å²) in [6, 6.07) is 5.93. The molecule has 0 radical (unpaired) electrons. The molecule has 3 aliphatic carbocycles. The van der Waals surface area contributed by atoms with Gasteiger partial charge in [-0.1, -0.05) is 18.1 Å². The van der Waals surface area contributed by atoms with Crippen molar-refractivity contribution in [1.29, 1.82) is 0 Å². The number of alkyl halides is 5. The van der Waals surface area contributed by atoms with Crippen LogP contribution in [-0.4, -0.2) is 99.4 Å². The van der Waals surface area contributed by atoms with Crippen LogP contribution in [0.4, 0.5) is 26.7 Å². The van der Waals surface area contributed by atoms with E-state index in [1.807, 2.05) is 17.0 Å². The lowest BCUT2D eigenvalue weighted by Crippen LogP contribution is -2.52. The SMILES string of the molecule is C[C@]12CC[C@@H]3c4ccc(OC(=O)N5CCC(N6CCOCC6=O)CC5)cc4C[C@@H](CCCS(=O)CCCC(F)(F)C(F)(F)F)[C@H]3[C@@H]1CC/C2=N/O. The van der Waals surface area contributed by atoms with Crippen molar-refractivity contribution in [2.45, 2.75) is 102 Å². The van der Waals surface area contributed by atoms with Crippen LogP contribution in [0.2, 0.25) is 0 Å². The molecule has 1 unspecified atom stereocenters. The summed E-state index contributed by atoms with van der Waals surface area (Å²) < 4.78 is 88.1. The fraction of sp³-hybridized carbons (Fsp3) is 0.750. The van der Waals surface area contributed by atoms with Crippen LogP contribution in [0.5, 0.6) is 5.75 Å². The highest BCUT2D eigenvalue weighted by Gasteiger charge is 2.57. The van der Waals surface area contributed by atoms with Crippen molar-refractivity contribution >= 4 is 28.5 Å². The standard InChI is InChI=1S/C36H48F5N3O6S/c1-34-13-9-28-27-6-5-26(50-33(46)43-14-10-25(11-15-43)44-16-17-49-22-31(44)45)21-24(27)20-23(32(28)29(34)7-8-30(34)42-47)4-2-18-51(48)19-3-12-35(37,38)36(39,40)41/h5-6,21,23,25,28-29,32,47H,2-4,7-20,22H2,1H3/b42-30-/t23-,28-,29+,32-,34+,51?/m1/s1. The summed E-state index contributed by atoms with van der Waals surface area (Å²) in [5.41, 5.74) is 2.91. The predicted molar refractivity (Wildman–Crippen MR) is 180 cm³/mol. The molecule has 2 saturated heterocycles. The van der Waals surface area contributed by atoms with Gasteiger partial charge in [-0.3, -0.25) is 9.00 Å². The zero-order chi connectivity index (χ0) is 36.6. The van der Waals surface area contributed by atoms with E-state index < -0.39 is 41.8 Å². The highest BCUT2D eigenvalue weighted by atomic mass is 32.2. The number of ether oxygens (including phenoxy) is 2. The van der Waals surface area contributed by atoms with Gasteiger partial charge in [0.15, 0.2) is 0 Å². The lowest BCUT2D eigenvalue weighted by molar-refractivity contribution is -0.284. The summed E-state index contributed by atoms with van der Waals surface area (Å²) in [6.45, 7) is 4.32. The van der Waals surface area contributed by atoms with Gasteiger partial charge in [-0.15, -0.1) is 0 Å². The van der Waals surface area contributed by atoms with Gasteiger partial charge in [-0.2, -0.15) is 22.0 Å². The maximum atomic E-state index is 13.3. The largest absolute Gasteiger partial charge is 0.453 e. The molecule has 2 heterocycles. The normalized spacial score (nSPS) is 30.2. The van der Waals surface area contributed by atoms with Crippen molar-refractivity contribution in [2.75, 3.05) is 44.4 Å². The van der Waals surface area contributed by atoms with E-state index in [1.54, 1.807) is 4.90 Å². The third-order valence-corrected chi connectivity index (χ3v) is 13.8. The molecule has 2 aliphatic heterocycles. The summed E-state index contributed by atoms with van der Waals surface area (Å²) in [6.07, 6.45) is -1.23. The number of piperidine rings is 1. The number of morpholine rings is 1. The van der Waals surface area contributed by atoms with Gasteiger partial charge in [-0.05, 0) is 111 Å². The first-order chi connectivity index (χ1) is 24.2. The maximum absolute atomic E-state index is 13.3. The van der Waals surface area contributed by atoms with Gasteiger partial charge in [0.2, 0.25) is 5.91 Å². The molecule has 4 fully saturated rings. The number of hydrogen-bond donors (Lipinski definition) is 1. The van der Waals surface area contributed by atoms with E-state index in [4.69, 9.17) is 9.47 Å². The van der Waals surface area contributed by atoms with Crippen LogP contribution in [0.25, 0.3) is 0 Å². The number of fused-ring (bicyclic) bond motifs is 5. The monoisotopic (exact) mass is 745 g/mol. The van der Waals surface area contributed by atoms with Crippen LogP contribution >= 0.6 is 0 Å². The fourth-order valence-electron chi connectivity index (χ4n) is 9.71. The maximum Gasteiger partial charge on any atom is 0.453 e. The first kappa shape index (κ1) is 37.9. The van der Waals surface area contributed by atoms with Crippen LogP contribution in [0, 0.1) is 23.2 Å². The Labute approximate surface area is 297 Å². The Balaban J connectivity index is 1.10. The van der Waals surface area contributed by atoms with Gasteiger partial charge in [-0.25, -0.2) is 4.79 Å². The molecule has 284 valence electrons. The van der Waals surface area contributed by atoms with Gasteiger partial charge in [0, 0.05) is 59.8 Å². The number of oxime groups is 1. The van der Waals surface area contributed by atoms with Crippen molar-refractivity contribution in [2.24, 2.45) is 28.3 Å². The summed E-state index contributed by atoms with van der Waals surface area (Å²) in [5, 5.41) is 13.5. The minimum Gasteiger partial charge on any atom is -0.411 e. The molecule has 5 aliphatic rings. The zero-order valence-corrected chi connectivity index (χ0v) is 29.8. The van der Waals surface area contributed by atoms with E-state index in [2.05, 4.69) is 18.1 Å². The summed E-state index contributed by atoms with van der Waals surface area (Å²) in [4.78, 5) is 29.0. The van der Waals surface area contributed by atoms with Crippen LogP contribution in [0.1, 0.15) is 88.2 Å². The number of nitrogens with zero attached hydrogens (tertiary/aromatic N) is 3. The molecule has 6 atom stereocenters. The average Bonchev–Trinajstić information content (AvgIpc) is 3.44. The van der Waals surface area contributed by atoms with Crippen molar-refractivity contribution in [1.82, 2.24) is 9.80 Å². The van der Waals surface area contributed by atoms with E-state index in [-0.39, 0.29) is 59.1 Å². The lowest BCUT2D eigenvalue weighted by atomic mass is 9.52. The molecule has 1 N–H and O–H groups in total. The Bertz CT molecular complexity index is 1500. The topological polar surface area (TPSA) is 109 Å². The zero-order valence-electron chi connectivity index (χ0n) is 29.0. The Morgan fingerprint density at radius 2 is 1.84 bits per heavy atom. The third-order valence-electron chi connectivity index (χ3n) is 12.4. The number of hydrogen-bond acceptors (Lipinski definition) is 7. The van der Waals surface area contributed by atoms with Crippen molar-refractivity contribution in [3.63, 3.8) is 0 Å². The molecule has 1 aromatic carbocycles. The molecule has 0 bridgehead atoms. The summed E-state index contributed by atoms with van der Waals surface area (Å²) in [7, 11) is -1.52. The number of benzene rings is 1. The van der Waals surface area contributed by atoms with Crippen LogP contribution < -0.4 is 4.74 Å². The minimum absolute atomic E-state index is 0.0187. The average molecular weight is 746 g/mol. The lowest BCUT2D eigenvalue weighted by Gasteiger charge is -2.52. The molecule has 2 saturated carbocycles. The first-order valence-corrected chi connectivity index (χ1v) is 19.7. The Morgan fingerprint density at radius 3 is 2.55 bits per heavy atom. The molecule has 0 aromatic heterocycles. The van der Waals surface area contributed by atoms with Gasteiger partial charge >= 0.3 is 18.2 Å². The molecule has 6 rings (SSSR count). The minimum atomic E-state index is -5.61. The second-order valence-corrected chi connectivity index (χ2v) is 16.9. The van der Waals surface area contributed by atoms with E-state index >= 15 is 0 Å². The molecule has 1 aromatic rings. The van der Waals surface area contributed by atoms with Crippen LogP contribution in [0.3, 0.4) is 0 Å². The number of carbonyl (C=O) groups is 2. The number of rotatable bonds is 10. The highest BCUT2D eigenvalue weighted by Crippen LogP contribution is 2.62. The number of amides is 2. The second kappa shape index (κ2) is 15.3. The number of halogens is 5. The molecule has 51 heavy (non-hydrogen) atoms. The van der Waals surface area contributed by atoms with Gasteiger partial charge in [0.05, 0.1) is 12.3 Å². The van der Waals surface area contributed by atoms with Crippen molar-refractivity contribution in [3.05, 3.63) is 29.3 Å². The van der Waals surface area contributed by atoms with Crippen LogP contribution in [-0.2, 0) is 26.8 Å². The Morgan fingerprint density at radius 1 is 1.10 bits per heavy atom. The third kappa shape index (κ3) is 7.94. The van der Waals surface area contributed by atoms with E-state index in [0.29, 0.717) is 64.1 Å². The number of likely N-dealkylation sites (tertiary alicyclic amines) is 1. The molecule has 9 nitrogen and oxygen atoms in total. The van der Waals surface area contributed by atoms with Crippen LogP contribution in [0.15, 0.2) is 23.4 Å². The highest BCUT2D eigenvalue weighted by molar-refractivity contribution is 7.84. The Hall–Kier alpha value is -2.81. The molecule has 15 heteroatoms. The Kier molecular flexibility index (Phi) is 11.4.